The van der Waals surface area contributed by atoms with Crippen LogP contribution < -0.4 is 11.1 Å². The van der Waals surface area contributed by atoms with E-state index in [-0.39, 0.29) is 12.5 Å². The maximum Gasteiger partial charge on any atom is 0.407 e. The maximum atomic E-state index is 11.7. The Hall–Kier alpha value is -2.77. The number of carbonyl (C=O) groups excluding carboxylic acids is 1. The molecular formula is C15H21N5O4. The third-order valence-electron chi connectivity index (χ3n) is 3.39. The van der Waals surface area contributed by atoms with Gasteiger partial charge >= 0.3 is 12.1 Å². The number of alkyl carbamates (subject to hydrolysis) is 1. The number of carboxylic acids is 1. The number of amides is 1. The molecule has 24 heavy (non-hydrogen) atoms. The first-order chi connectivity index (χ1) is 11.4. The molecule has 0 fully saturated rings. The molecule has 1 amide bonds. The Morgan fingerprint density at radius 3 is 2.79 bits per heavy atom. The lowest BCUT2D eigenvalue weighted by Crippen LogP contribution is -2.32. The van der Waals surface area contributed by atoms with Crippen LogP contribution in [0.25, 0.3) is 10.4 Å². The summed E-state index contributed by atoms with van der Waals surface area (Å²) in [5.41, 5.74) is 14.9. The molecule has 0 spiro atoms. The van der Waals surface area contributed by atoms with E-state index in [4.69, 9.17) is 21.1 Å². The van der Waals surface area contributed by atoms with Crippen molar-refractivity contribution < 1.29 is 19.4 Å². The van der Waals surface area contributed by atoms with Crippen LogP contribution in [0.5, 0.6) is 0 Å². The normalized spacial score (nSPS) is 12.6. The highest BCUT2D eigenvalue weighted by atomic mass is 16.5. The molecule has 0 aliphatic rings. The van der Waals surface area contributed by atoms with Crippen molar-refractivity contribution in [2.45, 2.75) is 32.4 Å². The Balaban J connectivity index is 2.34. The highest BCUT2D eigenvalue weighted by Gasteiger charge is 2.14. The van der Waals surface area contributed by atoms with Crippen LogP contribution >= 0.6 is 0 Å². The van der Waals surface area contributed by atoms with E-state index in [9.17, 15) is 9.59 Å². The topological polar surface area (TPSA) is 150 Å². The number of nitrogens with zero attached hydrogens (tertiary/aromatic N) is 3. The van der Waals surface area contributed by atoms with E-state index in [0.717, 1.165) is 0 Å². The molecular weight excluding hydrogens is 314 g/mol. The first-order valence-corrected chi connectivity index (χ1v) is 7.46. The van der Waals surface area contributed by atoms with Gasteiger partial charge in [0.1, 0.15) is 12.6 Å². The van der Waals surface area contributed by atoms with Gasteiger partial charge in [-0.15, -0.1) is 0 Å². The lowest BCUT2D eigenvalue weighted by molar-refractivity contribution is -0.138. The number of aliphatic carboxylic acids is 1. The van der Waals surface area contributed by atoms with Crippen LogP contribution in [0.3, 0.4) is 0 Å². The second kappa shape index (κ2) is 10.1. The molecule has 4 N–H and O–H groups in total. The lowest BCUT2D eigenvalue weighted by atomic mass is 10.0. The van der Waals surface area contributed by atoms with E-state index in [2.05, 4.69) is 15.3 Å². The second-order valence-corrected chi connectivity index (χ2v) is 5.40. The van der Waals surface area contributed by atoms with Crippen molar-refractivity contribution in [3.8, 4) is 0 Å². The summed E-state index contributed by atoms with van der Waals surface area (Å²) in [6.45, 7) is 2.22. The molecule has 130 valence electrons. The zero-order chi connectivity index (χ0) is 17.9. The number of hydrogen-bond donors (Lipinski definition) is 3. The number of carbonyl (C=O) groups is 2. The van der Waals surface area contributed by atoms with Crippen molar-refractivity contribution in [2.75, 3.05) is 6.54 Å². The van der Waals surface area contributed by atoms with Crippen LogP contribution in [0, 0.1) is 5.92 Å². The first-order valence-electron chi connectivity index (χ1n) is 7.46. The molecule has 1 aromatic rings. The van der Waals surface area contributed by atoms with Crippen molar-refractivity contribution in [3.05, 3.63) is 40.3 Å². The summed E-state index contributed by atoms with van der Waals surface area (Å²) in [4.78, 5) is 25.0. The molecule has 1 rings (SSSR count). The van der Waals surface area contributed by atoms with Crippen LogP contribution in [0.15, 0.2) is 29.4 Å². The highest BCUT2D eigenvalue weighted by Crippen LogP contribution is 2.19. The third kappa shape index (κ3) is 6.99. The molecule has 0 aliphatic heterocycles. The van der Waals surface area contributed by atoms with Gasteiger partial charge in [-0.25, -0.2) is 4.79 Å². The van der Waals surface area contributed by atoms with E-state index < -0.39 is 18.1 Å². The monoisotopic (exact) mass is 335 g/mol. The number of nitrogens with one attached hydrogen (secondary N) is 1. The maximum absolute atomic E-state index is 11.7. The fourth-order valence-corrected chi connectivity index (χ4v) is 1.92. The summed E-state index contributed by atoms with van der Waals surface area (Å²) >= 11 is 0. The zero-order valence-corrected chi connectivity index (χ0v) is 13.4. The lowest BCUT2D eigenvalue weighted by Gasteiger charge is -2.14. The van der Waals surface area contributed by atoms with Gasteiger partial charge in [-0.1, -0.05) is 36.3 Å². The highest BCUT2D eigenvalue weighted by molar-refractivity contribution is 5.72. The summed E-state index contributed by atoms with van der Waals surface area (Å²) in [7, 11) is 0. The molecule has 0 aliphatic carbocycles. The molecule has 9 nitrogen and oxygen atoms in total. The average Bonchev–Trinajstić information content (AvgIpc) is 2.57. The van der Waals surface area contributed by atoms with E-state index in [0.29, 0.717) is 30.6 Å². The van der Waals surface area contributed by atoms with Gasteiger partial charge in [0.25, 0.3) is 0 Å². The summed E-state index contributed by atoms with van der Waals surface area (Å²) in [6, 6.07) is 5.91. The molecule has 9 heteroatoms. The standard InChI is InChI=1S/C15H21N5O4/c1-10(6-7-12(16)14(21)22)8-18-15(23)24-9-11-4-2-3-5-13(11)19-20-17/h2-5,10,12H,6-9,16H2,1H3,(H,18,23)(H,21,22)/t10-,12-/m0/s1. The van der Waals surface area contributed by atoms with E-state index in [1.54, 1.807) is 24.3 Å². The quantitative estimate of drug-likeness (QED) is 0.360. The van der Waals surface area contributed by atoms with E-state index in [1.807, 2.05) is 6.92 Å². The minimum Gasteiger partial charge on any atom is -0.480 e. The molecule has 0 aromatic heterocycles. The summed E-state index contributed by atoms with van der Waals surface area (Å²) in [6.07, 6.45) is 0.320. The number of nitrogens with two attached hydrogens (primary N) is 1. The summed E-state index contributed by atoms with van der Waals surface area (Å²) in [5, 5.41) is 14.8. The smallest absolute Gasteiger partial charge is 0.407 e. The van der Waals surface area contributed by atoms with E-state index in [1.165, 1.54) is 0 Å². The summed E-state index contributed by atoms with van der Waals surface area (Å²) in [5.74, 6) is -0.966. The van der Waals surface area contributed by atoms with Gasteiger partial charge < -0.3 is 20.9 Å². The van der Waals surface area contributed by atoms with Crippen molar-refractivity contribution in [1.29, 1.82) is 0 Å². The minimum atomic E-state index is -1.03. The molecule has 2 atom stereocenters. The third-order valence-corrected chi connectivity index (χ3v) is 3.39. The molecule has 0 saturated heterocycles. The molecule has 0 heterocycles. The van der Waals surface area contributed by atoms with Crippen molar-refractivity contribution in [3.63, 3.8) is 0 Å². The van der Waals surface area contributed by atoms with Crippen LogP contribution in [0.4, 0.5) is 10.5 Å². The van der Waals surface area contributed by atoms with Gasteiger partial charge in [0.05, 0.1) is 0 Å². The van der Waals surface area contributed by atoms with Crippen LogP contribution in [0.2, 0.25) is 0 Å². The van der Waals surface area contributed by atoms with Crippen LogP contribution in [-0.4, -0.2) is 29.8 Å². The number of hydrogen-bond acceptors (Lipinski definition) is 5. The predicted molar refractivity (Wildman–Crippen MR) is 87.4 cm³/mol. The van der Waals surface area contributed by atoms with Gasteiger partial charge in [-0.05, 0) is 29.9 Å². The summed E-state index contributed by atoms with van der Waals surface area (Å²) < 4.78 is 5.08. The number of ether oxygens (including phenoxy) is 1. The Bertz CT molecular complexity index is 616. The SMILES string of the molecule is C[C@@H](CC[C@H](N)C(=O)O)CNC(=O)OCc1ccccc1N=[N+]=[N-]. The van der Waals surface area contributed by atoms with Crippen LogP contribution in [0.1, 0.15) is 25.3 Å². The Morgan fingerprint density at radius 2 is 2.12 bits per heavy atom. The predicted octanol–water partition coefficient (Wildman–Crippen LogP) is 2.68. The van der Waals surface area contributed by atoms with Crippen LogP contribution in [-0.2, 0) is 16.1 Å². The van der Waals surface area contributed by atoms with Gasteiger partial charge in [0.2, 0.25) is 0 Å². The Morgan fingerprint density at radius 1 is 1.42 bits per heavy atom. The minimum absolute atomic E-state index is 0.0146. The number of benzene rings is 1. The van der Waals surface area contributed by atoms with Gasteiger partial charge in [-0.3, -0.25) is 4.79 Å². The van der Waals surface area contributed by atoms with Gasteiger partial charge in [0, 0.05) is 17.1 Å². The fraction of sp³-hybridized carbons (Fsp3) is 0.467. The largest absolute Gasteiger partial charge is 0.480 e. The first kappa shape index (κ1) is 19.3. The molecule has 0 unspecified atom stereocenters. The zero-order valence-electron chi connectivity index (χ0n) is 13.4. The van der Waals surface area contributed by atoms with Crippen molar-refractivity contribution in [2.24, 2.45) is 16.8 Å². The molecule has 0 saturated carbocycles. The van der Waals surface area contributed by atoms with Crippen molar-refractivity contribution >= 4 is 17.7 Å². The number of carboxylic acid groups (broad SMARTS) is 1. The fourth-order valence-electron chi connectivity index (χ4n) is 1.92. The number of azide groups is 1. The Labute approximate surface area is 139 Å². The Kier molecular flexibility index (Phi) is 8.10. The molecule has 0 bridgehead atoms. The molecule has 0 radical (unpaired) electrons. The number of rotatable bonds is 9. The van der Waals surface area contributed by atoms with Gasteiger partial charge in [-0.2, -0.15) is 0 Å². The average molecular weight is 335 g/mol. The van der Waals surface area contributed by atoms with Gasteiger partial charge in [0.15, 0.2) is 0 Å². The van der Waals surface area contributed by atoms with Crippen molar-refractivity contribution in [1.82, 2.24) is 5.32 Å². The van der Waals surface area contributed by atoms with E-state index >= 15 is 0 Å². The second-order valence-electron chi connectivity index (χ2n) is 5.40. The molecule has 1 aromatic carbocycles.